The first-order chi connectivity index (χ1) is 17.1. The van der Waals surface area contributed by atoms with E-state index in [0.717, 1.165) is 6.07 Å². The van der Waals surface area contributed by atoms with Crippen molar-refractivity contribution in [3.05, 3.63) is 72.7 Å². The minimum absolute atomic E-state index is 0.0609. The van der Waals surface area contributed by atoms with Crippen molar-refractivity contribution >= 4 is 34.5 Å². The number of aromatic nitrogens is 3. The smallest absolute Gasteiger partial charge is 0.493 e. The summed E-state index contributed by atoms with van der Waals surface area (Å²) in [4.78, 5) is 30.8. The van der Waals surface area contributed by atoms with Crippen molar-refractivity contribution in [2.75, 3.05) is 17.3 Å². The summed E-state index contributed by atoms with van der Waals surface area (Å²) in [7, 11) is 1.46. The van der Waals surface area contributed by atoms with E-state index in [4.69, 9.17) is 4.74 Å². The van der Waals surface area contributed by atoms with Crippen LogP contribution in [0.3, 0.4) is 0 Å². The first-order valence-electron chi connectivity index (χ1n) is 10.6. The van der Waals surface area contributed by atoms with Crippen molar-refractivity contribution in [1.29, 1.82) is 0 Å². The summed E-state index contributed by atoms with van der Waals surface area (Å²) in [5, 5.41) is 6.77. The van der Waals surface area contributed by atoms with E-state index >= 15 is 0 Å². The molecule has 0 atom stereocenters. The van der Waals surface area contributed by atoms with E-state index in [1.807, 2.05) is 0 Å². The number of nitrogens with zero attached hydrogens (tertiary/aromatic N) is 4. The molecular weight excluding hydrogens is 479 g/mol. The number of nitrogens with one attached hydrogen (secondary N) is 1. The van der Waals surface area contributed by atoms with E-state index in [1.54, 1.807) is 29.0 Å². The number of methoxy groups -OCH3 is 1. The van der Waals surface area contributed by atoms with Crippen LogP contribution in [0.1, 0.15) is 12.5 Å². The van der Waals surface area contributed by atoms with Gasteiger partial charge in [-0.05, 0) is 24.3 Å². The number of benzene rings is 1. The fourth-order valence-electron chi connectivity index (χ4n) is 3.59. The predicted molar refractivity (Wildman–Crippen MR) is 124 cm³/mol. The van der Waals surface area contributed by atoms with E-state index in [-0.39, 0.29) is 29.4 Å². The summed E-state index contributed by atoms with van der Waals surface area (Å²) in [6.07, 6.45) is -0.642. The lowest BCUT2D eigenvalue weighted by Crippen LogP contribution is -2.25. The number of pyridine rings is 2. The van der Waals surface area contributed by atoms with Crippen molar-refractivity contribution in [1.82, 2.24) is 14.6 Å². The van der Waals surface area contributed by atoms with Gasteiger partial charge in [-0.1, -0.05) is 18.2 Å². The minimum Gasteiger partial charge on any atom is -0.493 e. The summed E-state index contributed by atoms with van der Waals surface area (Å²) in [5.41, 5.74) is 1.47. The molecule has 4 rings (SSSR count). The van der Waals surface area contributed by atoms with Gasteiger partial charge in [-0.25, -0.2) is 9.50 Å². The number of halogens is 3. The molecule has 0 fully saturated rings. The van der Waals surface area contributed by atoms with Gasteiger partial charge in [-0.3, -0.25) is 14.5 Å². The number of ether oxygens (including phenoxy) is 2. The zero-order valence-corrected chi connectivity index (χ0v) is 19.1. The number of carbonyl (C=O) groups is 2. The van der Waals surface area contributed by atoms with Gasteiger partial charge in [0, 0.05) is 36.6 Å². The largest absolute Gasteiger partial charge is 0.573 e. The third-order valence-electron chi connectivity index (χ3n) is 5.06. The molecule has 0 aliphatic rings. The Morgan fingerprint density at radius 2 is 1.86 bits per heavy atom. The van der Waals surface area contributed by atoms with Crippen molar-refractivity contribution in [3.63, 3.8) is 0 Å². The monoisotopic (exact) mass is 499 g/mol. The normalized spacial score (nSPS) is 11.2. The van der Waals surface area contributed by atoms with Crippen LogP contribution in [-0.4, -0.2) is 39.9 Å². The first kappa shape index (κ1) is 24.5. The number of rotatable bonds is 7. The highest BCUT2D eigenvalue weighted by atomic mass is 19.4. The molecule has 0 bridgehead atoms. The third-order valence-corrected chi connectivity index (χ3v) is 5.06. The van der Waals surface area contributed by atoms with Gasteiger partial charge >= 0.3 is 6.36 Å². The summed E-state index contributed by atoms with van der Waals surface area (Å²) < 4.78 is 49.1. The van der Waals surface area contributed by atoms with Crippen molar-refractivity contribution < 1.29 is 32.2 Å². The van der Waals surface area contributed by atoms with Crippen LogP contribution in [0.2, 0.25) is 0 Å². The van der Waals surface area contributed by atoms with Gasteiger partial charge in [0.2, 0.25) is 11.8 Å². The van der Waals surface area contributed by atoms with E-state index in [2.05, 4.69) is 20.1 Å². The summed E-state index contributed by atoms with van der Waals surface area (Å²) in [6, 6.07) is 11.8. The van der Waals surface area contributed by atoms with Gasteiger partial charge in [0.1, 0.15) is 11.6 Å². The second kappa shape index (κ2) is 9.94. The standard InChI is InChI=1S/C24H20F3N5O4/c1-15(33)32(19-13-18-8-10-29-31(18)14-21(19)35-2)22-12-17(7-9-28-22)30-23(34)11-16-5-3-4-6-20(16)36-24(25,26)27/h3-10,12-14H,11H2,1-2H3,(H,28,30,34). The lowest BCUT2D eigenvalue weighted by Gasteiger charge is -2.23. The van der Waals surface area contributed by atoms with Gasteiger partial charge in [-0.2, -0.15) is 5.10 Å². The van der Waals surface area contributed by atoms with E-state index in [9.17, 15) is 22.8 Å². The molecule has 2 amide bonds. The molecule has 0 spiro atoms. The Labute approximate surface area is 203 Å². The van der Waals surface area contributed by atoms with Gasteiger partial charge in [0.15, 0.2) is 5.75 Å². The molecular formula is C24H20F3N5O4. The molecule has 0 aliphatic carbocycles. The lowest BCUT2D eigenvalue weighted by atomic mass is 10.1. The van der Waals surface area contributed by atoms with Gasteiger partial charge in [-0.15, -0.1) is 13.2 Å². The maximum atomic E-state index is 12.7. The Hall–Kier alpha value is -4.61. The zero-order chi connectivity index (χ0) is 25.9. The summed E-state index contributed by atoms with van der Waals surface area (Å²) >= 11 is 0. The highest BCUT2D eigenvalue weighted by Crippen LogP contribution is 2.35. The molecule has 3 aromatic heterocycles. The van der Waals surface area contributed by atoms with Crippen LogP contribution in [0.5, 0.6) is 11.5 Å². The first-order valence-corrected chi connectivity index (χ1v) is 10.6. The number of hydrogen-bond donors (Lipinski definition) is 1. The Morgan fingerprint density at radius 1 is 1.08 bits per heavy atom. The Bertz CT molecular complexity index is 1420. The molecule has 0 saturated heterocycles. The van der Waals surface area contributed by atoms with Crippen LogP contribution in [0.4, 0.5) is 30.4 Å². The zero-order valence-electron chi connectivity index (χ0n) is 19.1. The Morgan fingerprint density at radius 3 is 2.58 bits per heavy atom. The number of carbonyl (C=O) groups excluding carboxylic acids is 2. The molecule has 1 aromatic carbocycles. The molecule has 0 unspecified atom stereocenters. The molecule has 186 valence electrons. The maximum absolute atomic E-state index is 12.7. The molecule has 3 heterocycles. The molecule has 9 nitrogen and oxygen atoms in total. The van der Waals surface area contributed by atoms with Crippen molar-refractivity contribution in [3.8, 4) is 11.5 Å². The number of alkyl halides is 3. The predicted octanol–water partition coefficient (Wildman–Crippen LogP) is 4.50. The Kier molecular flexibility index (Phi) is 6.77. The van der Waals surface area contributed by atoms with Crippen LogP contribution in [0, 0.1) is 0 Å². The molecule has 36 heavy (non-hydrogen) atoms. The van der Waals surface area contributed by atoms with Crippen molar-refractivity contribution in [2.24, 2.45) is 0 Å². The molecule has 4 aromatic rings. The maximum Gasteiger partial charge on any atom is 0.573 e. The fourth-order valence-corrected chi connectivity index (χ4v) is 3.59. The van der Waals surface area contributed by atoms with Gasteiger partial charge < -0.3 is 14.8 Å². The Balaban J connectivity index is 1.59. The average Bonchev–Trinajstić information content (AvgIpc) is 3.26. The molecule has 0 saturated carbocycles. The second-order valence-electron chi connectivity index (χ2n) is 7.57. The van der Waals surface area contributed by atoms with Gasteiger partial charge in [0.05, 0.1) is 30.9 Å². The number of anilines is 3. The van der Waals surface area contributed by atoms with Crippen molar-refractivity contribution in [2.45, 2.75) is 19.7 Å². The topological polar surface area (TPSA) is 98.1 Å². The molecule has 0 radical (unpaired) electrons. The SMILES string of the molecule is COc1cn2nccc2cc1N(C(C)=O)c1cc(NC(=O)Cc2ccccc2OC(F)(F)F)ccn1. The summed E-state index contributed by atoms with van der Waals surface area (Å²) in [5.74, 6) is -0.854. The second-order valence-corrected chi connectivity index (χ2v) is 7.57. The van der Waals surface area contributed by atoms with Crippen LogP contribution >= 0.6 is 0 Å². The number of para-hydroxylation sites is 1. The molecule has 0 aliphatic heterocycles. The average molecular weight is 499 g/mol. The quantitative estimate of drug-likeness (QED) is 0.402. The molecule has 1 N–H and O–H groups in total. The van der Waals surface area contributed by atoms with Crippen LogP contribution in [0.15, 0.2) is 67.1 Å². The van der Waals surface area contributed by atoms with Crippen LogP contribution in [0.25, 0.3) is 5.52 Å². The third kappa shape index (κ3) is 5.54. The van der Waals surface area contributed by atoms with E-state index in [0.29, 0.717) is 17.0 Å². The minimum atomic E-state index is -4.89. The van der Waals surface area contributed by atoms with Gasteiger partial charge in [0.25, 0.3) is 0 Å². The lowest BCUT2D eigenvalue weighted by molar-refractivity contribution is -0.274. The van der Waals surface area contributed by atoms with Crippen LogP contribution in [-0.2, 0) is 16.0 Å². The van der Waals surface area contributed by atoms with E-state index < -0.39 is 18.0 Å². The van der Waals surface area contributed by atoms with E-state index in [1.165, 1.54) is 55.5 Å². The summed E-state index contributed by atoms with van der Waals surface area (Å²) in [6.45, 7) is 1.35. The number of fused-ring (bicyclic) bond motifs is 1. The van der Waals surface area contributed by atoms with Crippen LogP contribution < -0.4 is 19.7 Å². The highest BCUT2D eigenvalue weighted by molar-refractivity contribution is 6.01. The number of hydrogen-bond acceptors (Lipinski definition) is 6. The number of amides is 2. The highest BCUT2D eigenvalue weighted by Gasteiger charge is 2.32. The molecule has 12 heteroatoms. The fraction of sp³-hybridized carbons (Fsp3) is 0.167.